The standard InChI is InChI=1S/C23H20ClN3O5/c24-17-7-3-1-5-15(17)12-25(21(28)16-6-2-4-8-18(16)27(31)32)26-22(29)19-13-9-10-14(11-13)20(19)23(26)30/h1-8,13-14,19-20H,9-12H2/t13-,14-,19+,20+/m0/s1. The number of fused-ring (bicyclic) bond motifs is 5. The maximum Gasteiger partial charge on any atom is 0.282 e. The Morgan fingerprint density at radius 1 is 1.03 bits per heavy atom. The van der Waals surface area contributed by atoms with Gasteiger partial charge in [0.1, 0.15) is 5.56 Å². The summed E-state index contributed by atoms with van der Waals surface area (Å²) in [4.78, 5) is 51.3. The van der Waals surface area contributed by atoms with Crippen LogP contribution in [0.25, 0.3) is 0 Å². The Balaban J connectivity index is 1.57. The highest BCUT2D eigenvalue weighted by molar-refractivity contribution is 6.31. The van der Waals surface area contributed by atoms with Crippen molar-refractivity contribution in [3.05, 3.63) is 74.8 Å². The Bertz CT molecular complexity index is 1120. The van der Waals surface area contributed by atoms with Crippen LogP contribution >= 0.6 is 11.6 Å². The molecule has 0 spiro atoms. The number of carbonyl (C=O) groups excluding carboxylic acids is 3. The number of nitro groups is 1. The molecule has 0 unspecified atom stereocenters. The Hall–Kier alpha value is -3.26. The highest BCUT2D eigenvalue weighted by atomic mass is 35.5. The number of rotatable bonds is 5. The minimum atomic E-state index is -0.786. The maximum absolute atomic E-state index is 13.6. The maximum atomic E-state index is 13.6. The van der Waals surface area contributed by atoms with E-state index < -0.39 is 34.5 Å². The first-order chi connectivity index (χ1) is 15.4. The number of benzene rings is 2. The van der Waals surface area contributed by atoms with E-state index in [1.54, 1.807) is 24.3 Å². The number of carbonyl (C=O) groups is 3. The SMILES string of the molecule is O=C(c1ccccc1[N+](=O)[O-])N(Cc1ccccc1Cl)N1C(=O)[C@@H]2[C@H]3CC[C@@H](C3)[C@H]2C1=O. The van der Waals surface area contributed by atoms with Gasteiger partial charge in [-0.25, -0.2) is 5.01 Å². The number of hydrogen-bond acceptors (Lipinski definition) is 5. The second kappa shape index (κ2) is 7.70. The van der Waals surface area contributed by atoms with E-state index in [0.29, 0.717) is 10.6 Å². The monoisotopic (exact) mass is 453 g/mol. The summed E-state index contributed by atoms with van der Waals surface area (Å²) in [6.07, 6.45) is 2.67. The molecule has 2 aromatic carbocycles. The molecule has 0 radical (unpaired) electrons. The molecule has 9 heteroatoms. The fraction of sp³-hybridized carbons (Fsp3) is 0.348. The van der Waals surface area contributed by atoms with Crippen LogP contribution in [0.2, 0.25) is 5.02 Å². The zero-order chi connectivity index (χ0) is 22.6. The first kappa shape index (κ1) is 20.6. The largest absolute Gasteiger partial charge is 0.282 e. The van der Waals surface area contributed by atoms with Crippen molar-refractivity contribution < 1.29 is 19.3 Å². The lowest BCUT2D eigenvalue weighted by molar-refractivity contribution is -0.385. The molecule has 3 amide bonds. The van der Waals surface area contributed by atoms with Gasteiger partial charge in [-0.2, -0.15) is 5.01 Å². The summed E-state index contributed by atoms with van der Waals surface area (Å²) in [6, 6.07) is 12.3. The molecule has 2 aliphatic carbocycles. The molecule has 2 aromatic rings. The van der Waals surface area contributed by atoms with Gasteiger partial charge in [0.15, 0.2) is 0 Å². The quantitative estimate of drug-likeness (QED) is 0.389. The summed E-state index contributed by atoms with van der Waals surface area (Å²) in [5.74, 6) is -2.13. The van der Waals surface area contributed by atoms with Gasteiger partial charge >= 0.3 is 0 Å². The molecule has 32 heavy (non-hydrogen) atoms. The highest BCUT2D eigenvalue weighted by Crippen LogP contribution is 2.56. The van der Waals surface area contributed by atoms with Gasteiger partial charge in [0.25, 0.3) is 23.4 Å². The summed E-state index contributed by atoms with van der Waals surface area (Å²) in [5.41, 5.74) is -0.0482. The fourth-order valence-electron chi connectivity index (χ4n) is 5.60. The smallest absolute Gasteiger partial charge is 0.272 e. The molecule has 1 heterocycles. The number of halogens is 1. The molecular formula is C23H20ClN3O5. The minimum Gasteiger partial charge on any atom is -0.272 e. The molecule has 0 aromatic heterocycles. The molecule has 3 fully saturated rings. The topological polar surface area (TPSA) is 101 Å². The Morgan fingerprint density at radius 3 is 2.25 bits per heavy atom. The van der Waals surface area contributed by atoms with Crippen LogP contribution in [0.5, 0.6) is 0 Å². The Labute approximate surface area is 188 Å². The zero-order valence-electron chi connectivity index (χ0n) is 17.0. The predicted molar refractivity (Wildman–Crippen MR) is 114 cm³/mol. The summed E-state index contributed by atoms with van der Waals surface area (Å²) in [7, 11) is 0. The lowest BCUT2D eigenvalue weighted by Gasteiger charge is -2.31. The van der Waals surface area contributed by atoms with Crippen molar-refractivity contribution >= 4 is 35.0 Å². The second-order valence-electron chi connectivity index (χ2n) is 8.60. The van der Waals surface area contributed by atoms with Gasteiger partial charge in [-0.15, -0.1) is 0 Å². The van der Waals surface area contributed by atoms with Crippen molar-refractivity contribution in [1.82, 2.24) is 10.0 Å². The number of imide groups is 1. The van der Waals surface area contributed by atoms with Gasteiger partial charge < -0.3 is 0 Å². The van der Waals surface area contributed by atoms with Crippen LogP contribution in [-0.4, -0.2) is 32.7 Å². The van der Waals surface area contributed by atoms with Gasteiger partial charge in [-0.05, 0) is 48.8 Å². The van der Waals surface area contributed by atoms with Crippen LogP contribution in [0.3, 0.4) is 0 Å². The van der Waals surface area contributed by atoms with Gasteiger partial charge in [-0.1, -0.05) is 41.9 Å². The highest BCUT2D eigenvalue weighted by Gasteiger charge is 2.62. The van der Waals surface area contributed by atoms with Crippen LogP contribution in [0.1, 0.15) is 35.2 Å². The molecule has 1 saturated heterocycles. The van der Waals surface area contributed by atoms with Crippen LogP contribution in [-0.2, 0) is 16.1 Å². The lowest BCUT2D eigenvalue weighted by atomic mass is 9.81. The van der Waals surface area contributed by atoms with E-state index in [4.69, 9.17) is 11.6 Å². The first-order valence-corrected chi connectivity index (χ1v) is 10.9. The molecule has 4 atom stereocenters. The molecular weight excluding hydrogens is 434 g/mol. The van der Waals surface area contributed by atoms with E-state index >= 15 is 0 Å². The Morgan fingerprint density at radius 2 is 1.62 bits per heavy atom. The van der Waals surface area contributed by atoms with Crippen molar-refractivity contribution in [1.29, 1.82) is 0 Å². The van der Waals surface area contributed by atoms with Crippen molar-refractivity contribution in [2.45, 2.75) is 25.8 Å². The average Bonchev–Trinajstić information content (AvgIpc) is 3.47. The number of hydrogen-bond donors (Lipinski definition) is 0. The van der Waals surface area contributed by atoms with Crippen LogP contribution in [0.15, 0.2) is 48.5 Å². The molecule has 1 aliphatic heterocycles. The number of nitro benzene ring substituents is 1. The van der Waals surface area contributed by atoms with E-state index in [9.17, 15) is 24.5 Å². The number of nitrogens with zero attached hydrogens (tertiary/aromatic N) is 3. The van der Waals surface area contributed by atoms with Crippen LogP contribution in [0, 0.1) is 33.8 Å². The van der Waals surface area contributed by atoms with E-state index in [1.165, 1.54) is 24.3 Å². The zero-order valence-corrected chi connectivity index (χ0v) is 17.8. The molecule has 0 N–H and O–H groups in total. The summed E-state index contributed by atoms with van der Waals surface area (Å²) < 4.78 is 0. The van der Waals surface area contributed by atoms with E-state index in [-0.39, 0.29) is 29.6 Å². The third-order valence-corrected chi connectivity index (χ3v) is 7.36. The van der Waals surface area contributed by atoms with Crippen molar-refractivity contribution in [2.75, 3.05) is 0 Å². The third kappa shape index (κ3) is 3.09. The van der Waals surface area contributed by atoms with Gasteiger partial charge in [-0.3, -0.25) is 24.5 Å². The second-order valence-corrected chi connectivity index (χ2v) is 9.01. The van der Waals surface area contributed by atoms with Crippen molar-refractivity contribution in [2.24, 2.45) is 23.7 Å². The fourth-order valence-corrected chi connectivity index (χ4v) is 5.80. The van der Waals surface area contributed by atoms with Crippen molar-refractivity contribution in [3.8, 4) is 0 Å². The average molecular weight is 454 g/mol. The van der Waals surface area contributed by atoms with Gasteiger partial charge in [0, 0.05) is 11.1 Å². The molecule has 5 rings (SSSR count). The molecule has 3 aliphatic rings. The third-order valence-electron chi connectivity index (χ3n) is 6.99. The van der Waals surface area contributed by atoms with Crippen molar-refractivity contribution in [3.63, 3.8) is 0 Å². The summed E-state index contributed by atoms with van der Waals surface area (Å²) in [5, 5.41) is 13.9. The lowest BCUT2D eigenvalue weighted by Crippen LogP contribution is -2.50. The van der Waals surface area contributed by atoms with E-state index in [0.717, 1.165) is 29.3 Å². The Kier molecular flexibility index (Phi) is 4.97. The minimum absolute atomic E-state index is 0.148. The molecule has 8 nitrogen and oxygen atoms in total. The summed E-state index contributed by atoms with van der Waals surface area (Å²) >= 11 is 6.30. The van der Waals surface area contributed by atoms with Crippen LogP contribution < -0.4 is 0 Å². The molecule has 2 bridgehead atoms. The first-order valence-electron chi connectivity index (χ1n) is 10.5. The normalized spacial score (nSPS) is 25.8. The summed E-state index contributed by atoms with van der Waals surface area (Å²) in [6.45, 7) is -0.156. The molecule has 164 valence electrons. The predicted octanol–water partition coefficient (Wildman–Crippen LogP) is 3.84. The number of amides is 3. The number of hydrazine groups is 1. The van der Waals surface area contributed by atoms with E-state index in [2.05, 4.69) is 0 Å². The van der Waals surface area contributed by atoms with Gasteiger partial charge in [0.2, 0.25) is 0 Å². The molecule has 2 saturated carbocycles. The van der Waals surface area contributed by atoms with Gasteiger partial charge in [0.05, 0.1) is 23.3 Å². The van der Waals surface area contributed by atoms with E-state index in [1.807, 2.05) is 0 Å². The van der Waals surface area contributed by atoms with Crippen LogP contribution in [0.4, 0.5) is 5.69 Å². The number of para-hydroxylation sites is 1.